The van der Waals surface area contributed by atoms with Gasteiger partial charge in [-0.15, -0.1) is 0 Å². The van der Waals surface area contributed by atoms with Crippen LogP contribution in [-0.4, -0.2) is 18.0 Å². The first-order valence-electron chi connectivity index (χ1n) is 9.02. The fraction of sp³-hybridized carbons (Fsp3) is 0.261. The highest BCUT2D eigenvalue weighted by atomic mass is 19.1. The zero-order valence-electron chi connectivity index (χ0n) is 15.3. The molecule has 0 radical (unpaired) electrons. The molecule has 2 nitrogen and oxygen atoms in total. The van der Waals surface area contributed by atoms with E-state index in [4.69, 9.17) is 9.73 Å². The van der Waals surface area contributed by atoms with Crippen LogP contribution in [0.4, 0.5) is 4.39 Å². The van der Waals surface area contributed by atoms with E-state index in [0.717, 1.165) is 28.5 Å². The number of benzene rings is 3. The third-order valence-corrected chi connectivity index (χ3v) is 4.82. The minimum absolute atomic E-state index is 0.230. The van der Waals surface area contributed by atoms with Crippen molar-refractivity contribution in [3.63, 3.8) is 0 Å². The van der Waals surface area contributed by atoms with Crippen LogP contribution >= 0.6 is 0 Å². The topological polar surface area (TPSA) is 21.6 Å². The van der Waals surface area contributed by atoms with Gasteiger partial charge in [0.2, 0.25) is 5.90 Å². The highest BCUT2D eigenvalue weighted by Gasteiger charge is 2.30. The maximum atomic E-state index is 13.5. The molecule has 0 spiro atoms. The van der Waals surface area contributed by atoms with Gasteiger partial charge in [0, 0.05) is 11.1 Å². The van der Waals surface area contributed by atoms with Gasteiger partial charge in [0.1, 0.15) is 12.4 Å². The molecule has 3 heteroatoms. The van der Waals surface area contributed by atoms with Gasteiger partial charge in [-0.1, -0.05) is 49.4 Å². The molecule has 1 aliphatic rings. The molecule has 3 aromatic carbocycles. The Morgan fingerprint density at radius 2 is 1.77 bits per heavy atom. The van der Waals surface area contributed by atoms with E-state index < -0.39 is 0 Å². The van der Waals surface area contributed by atoms with Crippen molar-refractivity contribution in [2.75, 3.05) is 6.61 Å². The number of aliphatic imine (C=N–C) groups is 1. The molecule has 0 bridgehead atoms. The largest absolute Gasteiger partial charge is 0.475 e. The van der Waals surface area contributed by atoms with Crippen molar-refractivity contribution in [1.82, 2.24) is 0 Å². The van der Waals surface area contributed by atoms with E-state index in [1.54, 1.807) is 0 Å². The monoisotopic (exact) mass is 347 g/mol. The summed E-state index contributed by atoms with van der Waals surface area (Å²) in [4.78, 5) is 4.83. The van der Waals surface area contributed by atoms with Gasteiger partial charge in [0.15, 0.2) is 0 Å². The fourth-order valence-corrected chi connectivity index (χ4v) is 3.56. The highest BCUT2D eigenvalue weighted by molar-refractivity contribution is 6.11. The van der Waals surface area contributed by atoms with E-state index in [-0.39, 0.29) is 11.4 Å². The lowest BCUT2D eigenvalue weighted by Gasteiger charge is -2.17. The van der Waals surface area contributed by atoms with Crippen molar-refractivity contribution in [1.29, 1.82) is 0 Å². The molecule has 0 saturated carbocycles. The van der Waals surface area contributed by atoms with Gasteiger partial charge in [-0.3, -0.25) is 0 Å². The van der Waals surface area contributed by atoms with Gasteiger partial charge >= 0.3 is 0 Å². The van der Waals surface area contributed by atoms with Gasteiger partial charge < -0.3 is 4.74 Å². The zero-order chi connectivity index (χ0) is 18.3. The SMILES string of the molecule is CCc1cc2ccccc2c(-c2ccc(F)cc2)c1C1=NC(C)(C)CO1. The number of ether oxygens (including phenoxy) is 1. The van der Waals surface area contributed by atoms with Crippen molar-refractivity contribution in [3.05, 3.63) is 71.5 Å². The molecule has 0 amide bonds. The number of nitrogens with zero attached hydrogens (tertiary/aromatic N) is 1. The van der Waals surface area contributed by atoms with E-state index in [9.17, 15) is 4.39 Å². The summed E-state index contributed by atoms with van der Waals surface area (Å²) >= 11 is 0. The Bertz CT molecular complexity index is 1000. The molecule has 132 valence electrons. The van der Waals surface area contributed by atoms with Gasteiger partial charge in [0.05, 0.1) is 5.54 Å². The number of aryl methyl sites for hydroxylation is 1. The summed E-state index contributed by atoms with van der Waals surface area (Å²) in [5.41, 5.74) is 4.04. The van der Waals surface area contributed by atoms with Crippen molar-refractivity contribution in [2.45, 2.75) is 32.7 Å². The molecular formula is C23H22FNO. The van der Waals surface area contributed by atoms with Crippen LogP contribution in [0.25, 0.3) is 21.9 Å². The summed E-state index contributed by atoms with van der Waals surface area (Å²) in [5.74, 6) is 0.457. The molecule has 0 aromatic heterocycles. The number of rotatable bonds is 3. The minimum Gasteiger partial charge on any atom is -0.475 e. The first kappa shape index (κ1) is 16.8. The van der Waals surface area contributed by atoms with Crippen molar-refractivity contribution in [2.24, 2.45) is 4.99 Å². The van der Waals surface area contributed by atoms with Crippen molar-refractivity contribution < 1.29 is 9.13 Å². The summed E-state index contributed by atoms with van der Waals surface area (Å²) in [7, 11) is 0. The highest BCUT2D eigenvalue weighted by Crippen LogP contribution is 2.37. The van der Waals surface area contributed by atoms with Gasteiger partial charge in [-0.25, -0.2) is 9.38 Å². The summed E-state index contributed by atoms with van der Waals surface area (Å²) in [6, 6.07) is 17.2. The van der Waals surface area contributed by atoms with E-state index in [1.165, 1.54) is 23.1 Å². The molecule has 26 heavy (non-hydrogen) atoms. The quantitative estimate of drug-likeness (QED) is 0.590. The third kappa shape index (κ3) is 2.88. The van der Waals surface area contributed by atoms with Crippen LogP contribution in [0.15, 0.2) is 59.6 Å². The zero-order valence-corrected chi connectivity index (χ0v) is 15.3. The van der Waals surface area contributed by atoms with Crippen LogP contribution < -0.4 is 0 Å². The summed E-state index contributed by atoms with van der Waals surface area (Å²) in [6.07, 6.45) is 0.872. The van der Waals surface area contributed by atoms with Crippen LogP contribution in [0.5, 0.6) is 0 Å². The normalized spacial score (nSPS) is 15.8. The Morgan fingerprint density at radius 3 is 2.42 bits per heavy atom. The second-order valence-electron chi connectivity index (χ2n) is 7.39. The summed E-state index contributed by atoms with van der Waals surface area (Å²) in [5, 5.41) is 2.30. The van der Waals surface area contributed by atoms with Crippen LogP contribution in [0, 0.1) is 5.82 Å². The first-order chi connectivity index (χ1) is 12.5. The van der Waals surface area contributed by atoms with E-state index in [1.807, 2.05) is 24.3 Å². The van der Waals surface area contributed by atoms with E-state index in [0.29, 0.717) is 12.5 Å². The molecule has 0 unspecified atom stereocenters. The molecule has 0 fully saturated rings. The predicted octanol–water partition coefficient (Wildman–Crippen LogP) is 5.76. The number of fused-ring (bicyclic) bond motifs is 1. The Balaban J connectivity index is 2.08. The smallest absolute Gasteiger partial charge is 0.217 e. The number of halogens is 1. The van der Waals surface area contributed by atoms with Gasteiger partial charge in [0.25, 0.3) is 0 Å². The first-order valence-corrected chi connectivity index (χ1v) is 9.02. The van der Waals surface area contributed by atoms with Crippen LogP contribution in [0.2, 0.25) is 0 Å². The van der Waals surface area contributed by atoms with Gasteiger partial charge in [-0.2, -0.15) is 0 Å². The van der Waals surface area contributed by atoms with E-state index >= 15 is 0 Å². The maximum absolute atomic E-state index is 13.5. The molecule has 0 saturated heterocycles. The molecule has 0 aliphatic carbocycles. The maximum Gasteiger partial charge on any atom is 0.217 e. The Hall–Kier alpha value is -2.68. The average molecular weight is 347 g/mol. The molecule has 3 aromatic rings. The molecule has 0 N–H and O–H groups in total. The molecular weight excluding hydrogens is 325 g/mol. The van der Waals surface area contributed by atoms with Crippen LogP contribution in [0.3, 0.4) is 0 Å². The van der Waals surface area contributed by atoms with Crippen molar-refractivity contribution >= 4 is 16.7 Å². The van der Waals surface area contributed by atoms with Gasteiger partial charge in [-0.05, 0) is 54.3 Å². The predicted molar refractivity (Wildman–Crippen MR) is 105 cm³/mol. The third-order valence-electron chi connectivity index (χ3n) is 4.82. The Kier molecular flexibility index (Phi) is 4.03. The second-order valence-corrected chi connectivity index (χ2v) is 7.39. The summed E-state index contributed by atoms with van der Waals surface area (Å²) < 4.78 is 19.5. The Morgan fingerprint density at radius 1 is 1.04 bits per heavy atom. The summed E-state index contributed by atoms with van der Waals surface area (Å²) in [6.45, 7) is 6.86. The Labute approximate surface area is 153 Å². The standard InChI is InChI=1S/C23H22FNO/c1-4-15-13-17-7-5-6-8-19(17)20(16-9-11-18(24)12-10-16)21(15)22-25-23(2,3)14-26-22/h5-13H,4,14H2,1-3H3. The van der Waals surface area contributed by atoms with E-state index in [2.05, 4.69) is 39.0 Å². The lowest BCUT2D eigenvalue weighted by atomic mass is 9.88. The molecule has 1 aliphatic heterocycles. The number of hydrogen-bond donors (Lipinski definition) is 0. The lowest BCUT2D eigenvalue weighted by Crippen LogP contribution is -2.17. The van der Waals surface area contributed by atoms with Crippen molar-refractivity contribution in [3.8, 4) is 11.1 Å². The molecule has 1 heterocycles. The molecule has 4 rings (SSSR count). The fourth-order valence-electron chi connectivity index (χ4n) is 3.56. The number of hydrogen-bond acceptors (Lipinski definition) is 2. The lowest BCUT2D eigenvalue weighted by molar-refractivity contribution is 0.279. The second kappa shape index (κ2) is 6.24. The van der Waals surface area contributed by atoms with Crippen LogP contribution in [-0.2, 0) is 11.2 Å². The minimum atomic E-state index is -0.234. The van der Waals surface area contributed by atoms with Crippen LogP contribution in [0.1, 0.15) is 31.9 Å². The average Bonchev–Trinajstić information content (AvgIpc) is 3.00. The molecule has 0 atom stereocenters.